The Balaban J connectivity index is 3.30. The number of hydrogen-bond acceptors (Lipinski definition) is 3. The van der Waals surface area contributed by atoms with Crippen molar-refractivity contribution in [2.75, 3.05) is 0 Å². The van der Waals surface area contributed by atoms with Gasteiger partial charge in [-0.3, -0.25) is 4.79 Å². The second-order valence-electron chi connectivity index (χ2n) is 2.76. The Morgan fingerprint density at radius 1 is 1.53 bits per heavy atom. The standard InChI is InChI=1S/C10H7F2NO2/c1-6-8(5-14)3-2-7(4-13)9(6)15-10(11)12/h2-3,5,10H,1H3. The van der Waals surface area contributed by atoms with Crippen LogP contribution in [0.3, 0.4) is 0 Å². The van der Waals surface area contributed by atoms with E-state index in [9.17, 15) is 13.6 Å². The lowest BCUT2D eigenvalue weighted by molar-refractivity contribution is -0.0505. The number of hydrogen-bond donors (Lipinski definition) is 0. The average molecular weight is 211 g/mol. The van der Waals surface area contributed by atoms with Crippen molar-refractivity contribution in [3.8, 4) is 11.8 Å². The molecule has 0 N–H and O–H groups in total. The van der Waals surface area contributed by atoms with Crippen LogP contribution in [0.5, 0.6) is 5.75 Å². The highest BCUT2D eigenvalue weighted by molar-refractivity contribution is 5.79. The fourth-order valence-corrected chi connectivity index (χ4v) is 1.16. The highest BCUT2D eigenvalue weighted by atomic mass is 19.3. The fourth-order valence-electron chi connectivity index (χ4n) is 1.16. The lowest BCUT2D eigenvalue weighted by atomic mass is 10.0. The van der Waals surface area contributed by atoms with Gasteiger partial charge in [-0.1, -0.05) is 0 Å². The van der Waals surface area contributed by atoms with Gasteiger partial charge in [-0.05, 0) is 19.1 Å². The molecule has 0 bridgehead atoms. The van der Waals surface area contributed by atoms with Gasteiger partial charge < -0.3 is 4.74 Å². The van der Waals surface area contributed by atoms with Crippen LogP contribution in [0.4, 0.5) is 8.78 Å². The van der Waals surface area contributed by atoms with Crippen LogP contribution in [-0.4, -0.2) is 12.9 Å². The van der Waals surface area contributed by atoms with Crippen molar-refractivity contribution in [1.29, 1.82) is 5.26 Å². The molecule has 0 saturated heterocycles. The maximum absolute atomic E-state index is 12.0. The van der Waals surface area contributed by atoms with Crippen LogP contribution >= 0.6 is 0 Å². The van der Waals surface area contributed by atoms with Gasteiger partial charge in [0.15, 0.2) is 0 Å². The normalized spacial score (nSPS) is 9.80. The number of benzene rings is 1. The van der Waals surface area contributed by atoms with E-state index in [0.717, 1.165) is 0 Å². The zero-order valence-corrected chi connectivity index (χ0v) is 7.83. The van der Waals surface area contributed by atoms with Crippen LogP contribution in [-0.2, 0) is 0 Å². The van der Waals surface area contributed by atoms with E-state index in [0.29, 0.717) is 6.29 Å². The molecule has 0 atom stereocenters. The Morgan fingerprint density at radius 2 is 2.20 bits per heavy atom. The van der Waals surface area contributed by atoms with Crippen molar-refractivity contribution in [2.24, 2.45) is 0 Å². The first-order valence-corrected chi connectivity index (χ1v) is 4.03. The van der Waals surface area contributed by atoms with Gasteiger partial charge >= 0.3 is 6.61 Å². The lowest BCUT2D eigenvalue weighted by Gasteiger charge is -2.10. The second kappa shape index (κ2) is 4.51. The molecular weight excluding hydrogens is 204 g/mol. The van der Waals surface area contributed by atoms with Gasteiger partial charge in [-0.2, -0.15) is 14.0 Å². The van der Waals surface area contributed by atoms with E-state index in [2.05, 4.69) is 4.74 Å². The molecule has 0 aliphatic rings. The largest absolute Gasteiger partial charge is 0.433 e. The molecule has 1 rings (SSSR count). The SMILES string of the molecule is Cc1c(C=O)ccc(C#N)c1OC(F)F. The van der Waals surface area contributed by atoms with Crippen molar-refractivity contribution in [3.05, 3.63) is 28.8 Å². The number of carbonyl (C=O) groups is 1. The van der Waals surface area contributed by atoms with Crippen molar-refractivity contribution in [2.45, 2.75) is 13.5 Å². The molecule has 0 spiro atoms. The predicted molar refractivity (Wildman–Crippen MR) is 47.9 cm³/mol. The van der Waals surface area contributed by atoms with Gasteiger partial charge in [0.25, 0.3) is 0 Å². The summed E-state index contributed by atoms with van der Waals surface area (Å²) < 4.78 is 28.3. The van der Waals surface area contributed by atoms with E-state index in [-0.39, 0.29) is 22.4 Å². The molecule has 0 saturated carbocycles. The summed E-state index contributed by atoms with van der Waals surface area (Å²) in [6.45, 7) is -1.57. The monoisotopic (exact) mass is 211 g/mol. The number of carbonyl (C=O) groups excluding carboxylic acids is 1. The summed E-state index contributed by atoms with van der Waals surface area (Å²) in [6.07, 6.45) is 0.523. The van der Waals surface area contributed by atoms with Gasteiger partial charge in [0.1, 0.15) is 18.1 Å². The number of nitrogens with zero attached hydrogens (tertiary/aromatic N) is 1. The molecule has 0 fully saturated rings. The molecule has 0 amide bonds. The van der Waals surface area contributed by atoms with E-state index in [1.165, 1.54) is 19.1 Å². The third-order valence-corrected chi connectivity index (χ3v) is 1.90. The minimum atomic E-state index is -3.02. The summed E-state index contributed by atoms with van der Waals surface area (Å²) in [7, 11) is 0. The minimum Gasteiger partial charge on any atom is -0.433 e. The topological polar surface area (TPSA) is 50.1 Å². The predicted octanol–water partition coefficient (Wildman–Crippen LogP) is 2.28. The van der Waals surface area contributed by atoms with Gasteiger partial charge in [-0.15, -0.1) is 0 Å². The van der Waals surface area contributed by atoms with E-state index in [1.807, 2.05) is 0 Å². The first-order chi connectivity index (χ1) is 7.10. The summed E-state index contributed by atoms with van der Waals surface area (Å²) in [5.41, 5.74) is 0.451. The van der Waals surface area contributed by atoms with Crippen LogP contribution in [0.1, 0.15) is 21.5 Å². The molecule has 0 unspecified atom stereocenters. The molecule has 78 valence electrons. The molecule has 0 aliphatic heterocycles. The Hall–Kier alpha value is -1.96. The Labute approximate surface area is 84.9 Å². The number of aldehydes is 1. The lowest BCUT2D eigenvalue weighted by Crippen LogP contribution is -2.06. The van der Waals surface area contributed by atoms with Crippen LogP contribution in [0, 0.1) is 18.3 Å². The third kappa shape index (κ3) is 2.29. The second-order valence-corrected chi connectivity index (χ2v) is 2.76. The van der Waals surface area contributed by atoms with Gasteiger partial charge in [0.05, 0.1) is 5.56 Å². The highest BCUT2D eigenvalue weighted by Crippen LogP contribution is 2.26. The van der Waals surface area contributed by atoms with Crippen LogP contribution in [0.15, 0.2) is 12.1 Å². The van der Waals surface area contributed by atoms with Crippen molar-refractivity contribution in [1.82, 2.24) is 0 Å². The first-order valence-electron chi connectivity index (χ1n) is 4.03. The Bertz CT molecular complexity index is 424. The van der Waals surface area contributed by atoms with Crippen LogP contribution < -0.4 is 4.74 Å². The number of ether oxygens (including phenoxy) is 1. The van der Waals surface area contributed by atoms with Crippen LogP contribution in [0.25, 0.3) is 0 Å². The molecule has 0 aliphatic carbocycles. The Kier molecular flexibility index (Phi) is 3.34. The van der Waals surface area contributed by atoms with Crippen molar-refractivity contribution >= 4 is 6.29 Å². The number of rotatable bonds is 3. The molecule has 1 aromatic rings. The molecule has 0 heterocycles. The van der Waals surface area contributed by atoms with Gasteiger partial charge in [-0.25, -0.2) is 0 Å². The zero-order chi connectivity index (χ0) is 11.4. The van der Waals surface area contributed by atoms with Crippen molar-refractivity contribution in [3.63, 3.8) is 0 Å². The van der Waals surface area contributed by atoms with E-state index >= 15 is 0 Å². The summed E-state index contributed by atoms with van der Waals surface area (Å²) in [5, 5.41) is 8.66. The quantitative estimate of drug-likeness (QED) is 0.720. The van der Waals surface area contributed by atoms with Gasteiger partial charge in [0.2, 0.25) is 0 Å². The molecule has 3 nitrogen and oxygen atoms in total. The summed E-state index contributed by atoms with van der Waals surface area (Å²) in [5.74, 6) is -0.239. The highest BCUT2D eigenvalue weighted by Gasteiger charge is 2.14. The smallest absolute Gasteiger partial charge is 0.387 e. The number of nitriles is 1. The molecule has 1 aromatic carbocycles. The fraction of sp³-hybridized carbons (Fsp3) is 0.200. The maximum Gasteiger partial charge on any atom is 0.387 e. The molecule has 5 heteroatoms. The van der Waals surface area contributed by atoms with Crippen molar-refractivity contribution < 1.29 is 18.3 Å². The molecule has 0 radical (unpaired) electrons. The number of halogens is 2. The molecule has 0 aromatic heterocycles. The maximum atomic E-state index is 12.0. The zero-order valence-electron chi connectivity index (χ0n) is 7.83. The summed E-state index contributed by atoms with van der Waals surface area (Å²) >= 11 is 0. The van der Waals surface area contributed by atoms with E-state index in [1.54, 1.807) is 6.07 Å². The summed E-state index contributed by atoms with van der Waals surface area (Å²) in [6, 6.07) is 4.38. The number of alkyl halides is 2. The molecule has 15 heavy (non-hydrogen) atoms. The third-order valence-electron chi connectivity index (χ3n) is 1.90. The van der Waals surface area contributed by atoms with Gasteiger partial charge in [0, 0.05) is 11.1 Å². The van der Waals surface area contributed by atoms with E-state index < -0.39 is 6.61 Å². The molecular formula is C10H7F2NO2. The minimum absolute atomic E-state index is 0.0154. The average Bonchev–Trinajstić information content (AvgIpc) is 2.20. The first kappa shape index (κ1) is 11.1. The van der Waals surface area contributed by atoms with E-state index in [4.69, 9.17) is 5.26 Å². The summed E-state index contributed by atoms with van der Waals surface area (Å²) in [4.78, 5) is 10.5. The van der Waals surface area contributed by atoms with Crippen LogP contribution in [0.2, 0.25) is 0 Å². The Morgan fingerprint density at radius 3 is 2.67 bits per heavy atom.